The Morgan fingerprint density at radius 2 is 2.00 bits per heavy atom. The molecule has 4 nitrogen and oxygen atoms in total. The maximum absolute atomic E-state index is 11.6. The van der Waals surface area contributed by atoms with Crippen molar-refractivity contribution < 1.29 is 19.4 Å². The summed E-state index contributed by atoms with van der Waals surface area (Å²) in [5.41, 5.74) is 2.48. The van der Waals surface area contributed by atoms with Gasteiger partial charge in [-0.2, -0.15) is 0 Å². The van der Waals surface area contributed by atoms with Crippen LogP contribution in [0.2, 0.25) is 0 Å². The predicted molar refractivity (Wildman–Crippen MR) is 77.3 cm³/mol. The normalized spacial score (nSPS) is 11.9. The molecule has 0 aromatic heterocycles. The molecule has 0 spiro atoms. The first-order valence-corrected chi connectivity index (χ1v) is 6.72. The summed E-state index contributed by atoms with van der Waals surface area (Å²) >= 11 is 0. The topological polar surface area (TPSA) is 55.8 Å². The maximum Gasteiger partial charge on any atom is 0.333 e. The molecule has 0 aliphatic heterocycles. The standard InChI is InChI=1S/C16H22O4/c1-4-19-16(18)13(3)11-15(20-10-9-17)14-7-5-12(2)6-8-14/h5-8,15,17H,3-4,9-11H2,1-2H3. The zero-order valence-corrected chi connectivity index (χ0v) is 12.1. The zero-order valence-electron chi connectivity index (χ0n) is 12.1. The van der Waals surface area contributed by atoms with E-state index in [1.807, 2.05) is 31.2 Å². The Labute approximate surface area is 120 Å². The van der Waals surface area contributed by atoms with Gasteiger partial charge in [0.25, 0.3) is 0 Å². The molecule has 1 aromatic rings. The summed E-state index contributed by atoms with van der Waals surface area (Å²) < 4.78 is 10.5. The fourth-order valence-corrected chi connectivity index (χ4v) is 1.79. The van der Waals surface area contributed by atoms with E-state index < -0.39 is 5.97 Å². The summed E-state index contributed by atoms with van der Waals surface area (Å²) in [6.07, 6.45) is 0.0432. The Balaban J connectivity index is 2.76. The average Bonchev–Trinajstić information content (AvgIpc) is 2.44. The van der Waals surface area contributed by atoms with Gasteiger partial charge in [-0.15, -0.1) is 0 Å². The van der Waals surface area contributed by atoms with Gasteiger partial charge in [-0.05, 0) is 19.4 Å². The van der Waals surface area contributed by atoms with Crippen molar-refractivity contribution in [2.45, 2.75) is 26.4 Å². The minimum absolute atomic E-state index is 0.0613. The highest BCUT2D eigenvalue weighted by Crippen LogP contribution is 2.25. The van der Waals surface area contributed by atoms with Crippen molar-refractivity contribution >= 4 is 5.97 Å². The van der Waals surface area contributed by atoms with Gasteiger partial charge in [0.2, 0.25) is 0 Å². The number of hydrogen-bond acceptors (Lipinski definition) is 4. The lowest BCUT2D eigenvalue weighted by Crippen LogP contribution is -2.14. The van der Waals surface area contributed by atoms with E-state index in [2.05, 4.69) is 6.58 Å². The number of hydrogen-bond donors (Lipinski definition) is 1. The highest BCUT2D eigenvalue weighted by Gasteiger charge is 2.18. The molecule has 0 aliphatic rings. The van der Waals surface area contributed by atoms with Crippen molar-refractivity contribution in [3.8, 4) is 0 Å². The van der Waals surface area contributed by atoms with E-state index >= 15 is 0 Å². The molecular weight excluding hydrogens is 256 g/mol. The third-order valence-electron chi connectivity index (χ3n) is 2.86. The minimum Gasteiger partial charge on any atom is -0.463 e. The molecule has 1 N–H and O–H groups in total. The monoisotopic (exact) mass is 278 g/mol. The van der Waals surface area contributed by atoms with E-state index in [0.29, 0.717) is 18.6 Å². The van der Waals surface area contributed by atoms with Crippen molar-refractivity contribution in [2.24, 2.45) is 0 Å². The number of aryl methyl sites for hydroxylation is 1. The number of rotatable bonds is 8. The minimum atomic E-state index is -0.405. The molecule has 4 heteroatoms. The molecule has 1 atom stereocenters. The second kappa shape index (κ2) is 8.51. The van der Waals surface area contributed by atoms with Crippen LogP contribution in [0, 0.1) is 6.92 Å². The van der Waals surface area contributed by atoms with Crippen LogP contribution < -0.4 is 0 Å². The molecule has 0 saturated carbocycles. The fourth-order valence-electron chi connectivity index (χ4n) is 1.79. The van der Waals surface area contributed by atoms with Crippen LogP contribution in [0.4, 0.5) is 0 Å². The first-order valence-electron chi connectivity index (χ1n) is 6.72. The van der Waals surface area contributed by atoms with E-state index in [-0.39, 0.29) is 19.3 Å². The third kappa shape index (κ3) is 5.15. The number of aliphatic hydroxyl groups is 1. The molecule has 0 bridgehead atoms. The Morgan fingerprint density at radius 1 is 1.35 bits per heavy atom. The molecule has 110 valence electrons. The van der Waals surface area contributed by atoms with E-state index in [1.54, 1.807) is 6.92 Å². The van der Waals surface area contributed by atoms with Crippen molar-refractivity contribution in [1.82, 2.24) is 0 Å². The molecule has 0 aliphatic carbocycles. The lowest BCUT2D eigenvalue weighted by molar-refractivity contribution is -0.139. The van der Waals surface area contributed by atoms with Gasteiger partial charge in [-0.1, -0.05) is 36.4 Å². The van der Waals surface area contributed by atoms with Crippen LogP contribution >= 0.6 is 0 Å². The van der Waals surface area contributed by atoms with Gasteiger partial charge < -0.3 is 14.6 Å². The lowest BCUT2D eigenvalue weighted by Gasteiger charge is -2.19. The summed E-state index contributed by atoms with van der Waals surface area (Å²) in [5, 5.41) is 8.89. The number of aliphatic hydroxyl groups excluding tert-OH is 1. The van der Waals surface area contributed by atoms with E-state index in [0.717, 1.165) is 11.1 Å². The Kier molecular flexibility index (Phi) is 6.98. The first-order chi connectivity index (χ1) is 9.58. The molecule has 0 fully saturated rings. The van der Waals surface area contributed by atoms with Crippen LogP contribution in [-0.2, 0) is 14.3 Å². The van der Waals surface area contributed by atoms with Gasteiger partial charge in [-0.25, -0.2) is 4.79 Å². The Hall–Kier alpha value is -1.65. The van der Waals surface area contributed by atoms with Crippen LogP contribution in [0.15, 0.2) is 36.4 Å². The molecule has 0 radical (unpaired) electrons. The molecular formula is C16H22O4. The van der Waals surface area contributed by atoms with Crippen molar-refractivity contribution in [2.75, 3.05) is 19.8 Å². The molecule has 1 aromatic carbocycles. The Morgan fingerprint density at radius 3 is 2.55 bits per heavy atom. The van der Waals surface area contributed by atoms with E-state index in [1.165, 1.54) is 0 Å². The van der Waals surface area contributed by atoms with Gasteiger partial charge in [0.05, 0.1) is 25.9 Å². The lowest BCUT2D eigenvalue weighted by atomic mass is 10.0. The quantitative estimate of drug-likeness (QED) is 0.586. The number of benzene rings is 1. The number of ether oxygens (including phenoxy) is 2. The number of carbonyl (C=O) groups excluding carboxylic acids is 1. The van der Waals surface area contributed by atoms with Gasteiger partial charge in [-0.3, -0.25) is 0 Å². The average molecular weight is 278 g/mol. The molecule has 0 saturated heterocycles. The molecule has 1 unspecified atom stereocenters. The smallest absolute Gasteiger partial charge is 0.333 e. The number of esters is 1. The third-order valence-corrected chi connectivity index (χ3v) is 2.86. The summed E-state index contributed by atoms with van der Waals surface area (Å²) in [7, 11) is 0. The molecule has 0 amide bonds. The van der Waals surface area contributed by atoms with Crippen LogP contribution in [0.5, 0.6) is 0 Å². The summed E-state index contributed by atoms with van der Waals surface area (Å²) in [6.45, 7) is 7.99. The van der Waals surface area contributed by atoms with Gasteiger partial charge in [0.1, 0.15) is 0 Å². The van der Waals surface area contributed by atoms with Gasteiger partial charge >= 0.3 is 5.97 Å². The summed E-state index contributed by atoms with van der Waals surface area (Å²) in [5.74, 6) is -0.405. The highest BCUT2D eigenvalue weighted by molar-refractivity contribution is 5.87. The summed E-state index contributed by atoms with van der Waals surface area (Å²) in [4.78, 5) is 11.6. The Bertz CT molecular complexity index is 436. The highest BCUT2D eigenvalue weighted by atomic mass is 16.5. The SMILES string of the molecule is C=C(CC(OCCO)c1ccc(C)cc1)C(=O)OCC. The fraction of sp³-hybridized carbons (Fsp3) is 0.438. The largest absolute Gasteiger partial charge is 0.463 e. The first kappa shape index (κ1) is 16.4. The number of carbonyl (C=O) groups is 1. The van der Waals surface area contributed by atoms with Crippen LogP contribution in [0.25, 0.3) is 0 Å². The van der Waals surface area contributed by atoms with E-state index in [4.69, 9.17) is 14.6 Å². The van der Waals surface area contributed by atoms with Crippen LogP contribution in [0.3, 0.4) is 0 Å². The second-order valence-electron chi connectivity index (χ2n) is 4.52. The summed E-state index contributed by atoms with van der Waals surface area (Å²) in [6, 6.07) is 7.88. The van der Waals surface area contributed by atoms with Crippen LogP contribution in [0.1, 0.15) is 30.6 Å². The molecule has 0 heterocycles. The zero-order chi connectivity index (χ0) is 15.0. The second-order valence-corrected chi connectivity index (χ2v) is 4.52. The van der Waals surface area contributed by atoms with Crippen molar-refractivity contribution in [3.05, 3.63) is 47.5 Å². The van der Waals surface area contributed by atoms with Crippen molar-refractivity contribution in [1.29, 1.82) is 0 Å². The van der Waals surface area contributed by atoms with Gasteiger partial charge in [0.15, 0.2) is 0 Å². The van der Waals surface area contributed by atoms with E-state index in [9.17, 15) is 4.79 Å². The molecule has 20 heavy (non-hydrogen) atoms. The van der Waals surface area contributed by atoms with Crippen molar-refractivity contribution in [3.63, 3.8) is 0 Å². The van der Waals surface area contributed by atoms with Crippen LogP contribution in [-0.4, -0.2) is 30.9 Å². The van der Waals surface area contributed by atoms with Gasteiger partial charge in [0, 0.05) is 12.0 Å². The predicted octanol–water partition coefficient (Wildman–Crippen LogP) is 2.55. The maximum atomic E-state index is 11.6. The molecule has 1 rings (SSSR count).